The summed E-state index contributed by atoms with van der Waals surface area (Å²) in [5.74, 6) is -0.188. The molecule has 1 atom stereocenters. The van der Waals surface area contributed by atoms with E-state index in [1.54, 1.807) is 20.8 Å². The van der Waals surface area contributed by atoms with Crippen molar-refractivity contribution in [3.05, 3.63) is 0 Å². The van der Waals surface area contributed by atoms with Crippen molar-refractivity contribution in [2.24, 2.45) is 0 Å². The van der Waals surface area contributed by atoms with E-state index in [0.717, 1.165) is 0 Å². The Morgan fingerprint density at radius 1 is 1.44 bits per heavy atom. The van der Waals surface area contributed by atoms with Crippen molar-refractivity contribution in [1.82, 2.24) is 5.32 Å². The Balaban J connectivity index is 2.46. The number of esters is 1. The molecule has 5 nitrogen and oxygen atoms in total. The SMILES string of the molecule is CC(C)(C)OC(=O)CC1CS(=O)(=O)CCN1. The van der Waals surface area contributed by atoms with E-state index in [2.05, 4.69) is 5.32 Å². The lowest BCUT2D eigenvalue weighted by Crippen LogP contribution is -2.46. The minimum atomic E-state index is -2.99. The third kappa shape index (κ3) is 4.94. The van der Waals surface area contributed by atoms with E-state index in [-0.39, 0.29) is 29.9 Å². The first kappa shape index (κ1) is 13.4. The fourth-order valence-electron chi connectivity index (χ4n) is 1.58. The monoisotopic (exact) mass is 249 g/mol. The quantitative estimate of drug-likeness (QED) is 0.703. The summed E-state index contributed by atoms with van der Waals surface area (Å²) in [6.45, 7) is 5.78. The van der Waals surface area contributed by atoms with Crippen LogP contribution in [0.1, 0.15) is 27.2 Å². The van der Waals surface area contributed by atoms with Crippen LogP contribution >= 0.6 is 0 Å². The Labute approximate surface area is 96.5 Å². The number of carbonyl (C=O) groups excluding carboxylic acids is 1. The van der Waals surface area contributed by atoms with Gasteiger partial charge in [0.25, 0.3) is 0 Å². The molecule has 16 heavy (non-hydrogen) atoms. The molecule has 1 N–H and O–H groups in total. The first-order valence-corrected chi connectivity index (χ1v) is 7.16. The Kier molecular flexibility index (Phi) is 3.96. The predicted octanol–water partition coefficient (Wildman–Crippen LogP) is 0.105. The summed E-state index contributed by atoms with van der Waals surface area (Å²) in [6, 6.07) is -0.311. The largest absolute Gasteiger partial charge is 0.460 e. The molecule has 0 amide bonds. The van der Waals surface area contributed by atoms with Gasteiger partial charge in [0, 0.05) is 12.6 Å². The Morgan fingerprint density at radius 2 is 2.06 bits per heavy atom. The van der Waals surface area contributed by atoms with E-state index in [0.29, 0.717) is 6.54 Å². The average molecular weight is 249 g/mol. The van der Waals surface area contributed by atoms with Crippen LogP contribution in [0.3, 0.4) is 0 Å². The predicted molar refractivity (Wildman–Crippen MR) is 60.9 cm³/mol. The Morgan fingerprint density at radius 3 is 2.56 bits per heavy atom. The zero-order chi connectivity index (χ0) is 12.4. The van der Waals surface area contributed by atoms with Gasteiger partial charge in [0.15, 0.2) is 9.84 Å². The summed E-state index contributed by atoms with van der Waals surface area (Å²) in [5, 5.41) is 3.01. The second kappa shape index (κ2) is 4.71. The summed E-state index contributed by atoms with van der Waals surface area (Å²) in [7, 11) is -2.99. The molecule has 1 aliphatic rings. The lowest BCUT2D eigenvalue weighted by molar-refractivity contribution is -0.155. The smallest absolute Gasteiger partial charge is 0.307 e. The molecule has 1 rings (SSSR count). The molecule has 0 saturated carbocycles. The van der Waals surface area contributed by atoms with Crippen LogP contribution in [0.25, 0.3) is 0 Å². The molecule has 1 saturated heterocycles. The molecule has 0 aromatic carbocycles. The highest BCUT2D eigenvalue weighted by molar-refractivity contribution is 7.91. The van der Waals surface area contributed by atoms with E-state index in [1.807, 2.05) is 0 Å². The zero-order valence-electron chi connectivity index (χ0n) is 9.95. The van der Waals surface area contributed by atoms with Gasteiger partial charge in [-0.05, 0) is 20.8 Å². The molecule has 94 valence electrons. The van der Waals surface area contributed by atoms with E-state index < -0.39 is 15.4 Å². The van der Waals surface area contributed by atoms with Crippen LogP contribution in [0.5, 0.6) is 0 Å². The summed E-state index contributed by atoms with van der Waals surface area (Å²) in [4.78, 5) is 11.5. The van der Waals surface area contributed by atoms with E-state index in [1.165, 1.54) is 0 Å². The molecule has 6 heteroatoms. The van der Waals surface area contributed by atoms with Crippen molar-refractivity contribution < 1.29 is 17.9 Å². The second-order valence-corrected chi connectivity index (χ2v) is 7.28. The Hall–Kier alpha value is -0.620. The first-order chi connectivity index (χ1) is 7.18. The number of nitrogens with one attached hydrogen (secondary N) is 1. The van der Waals surface area contributed by atoms with Crippen molar-refractivity contribution in [3.63, 3.8) is 0 Å². The summed E-state index contributed by atoms with van der Waals surface area (Å²) >= 11 is 0. The molecule has 1 unspecified atom stereocenters. The topological polar surface area (TPSA) is 72.5 Å². The minimum absolute atomic E-state index is 0.0201. The minimum Gasteiger partial charge on any atom is -0.460 e. The van der Waals surface area contributed by atoms with Crippen LogP contribution in [-0.4, -0.2) is 44.1 Å². The summed E-state index contributed by atoms with van der Waals surface area (Å²) in [6.07, 6.45) is 0.108. The molecule has 0 bridgehead atoms. The van der Waals surface area contributed by atoms with Gasteiger partial charge in [-0.25, -0.2) is 8.42 Å². The van der Waals surface area contributed by atoms with Gasteiger partial charge in [0.05, 0.1) is 17.9 Å². The lowest BCUT2D eigenvalue weighted by Gasteiger charge is -2.25. The van der Waals surface area contributed by atoms with Crippen molar-refractivity contribution in [3.8, 4) is 0 Å². The molecule has 1 fully saturated rings. The molecule has 0 spiro atoms. The van der Waals surface area contributed by atoms with Gasteiger partial charge >= 0.3 is 5.97 Å². The molecule has 1 aliphatic heterocycles. The van der Waals surface area contributed by atoms with Gasteiger partial charge in [0.2, 0.25) is 0 Å². The number of ether oxygens (including phenoxy) is 1. The van der Waals surface area contributed by atoms with Crippen LogP contribution in [-0.2, 0) is 19.4 Å². The van der Waals surface area contributed by atoms with E-state index in [4.69, 9.17) is 4.74 Å². The van der Waals surface area contributed by atoms with Gasteiger partial charge < -0.3 is 10.1 Å². The van der Waals surface area contributed by atoms with Gasteiger partial charge in [-0.1, -0.05) is 0 Å². The van der Waals surface area contributed by atoms with Gasteiger partial charge in [-0.2, -0.15) is 0 Å². The van der Waals surface area contributed by atoms with Gasteiger partial charge in [-0.3, -0.25) is 4.79 Å². The highest BCUT2D eigenvalue weighted by Crippen LogP contribution is 2.11. The van der Waals surface area contributed by atoms with Gasteiger partial charge in [-0.15, -0.1) is 0 Å². The van der Waals surface area contributed by atoms with Crippen LogP contribution in [0.2, 0.25) is 0 Å². The van der Waals surface area contributed by atoms with Gasteiger partial charge in [0.1, 0.15) is 5.60 Å². The highest BCUT2D eigenvalue weighted by Gasteiger charge is 2.27. The van der Waals surface area contributed by atoms with Crippen molar-refractivity contribution in [1.29, 1.82) is 0 Å². The number of sulfone groups is 1. The average Bonchev–Trinajstić information content (AvgIpc) is 1.96. The fourth-order valence-corrected chi connectivity index (χ4v) is 3.03. The Bertz CT molecular complexity index is 356. The fraction of sp³-hybridized carbons (Fsp3) is 0.900. The number of hydrogen-bond acceptors (Lipinski definition) is 5. The molecule has 0 aliphatic carbocycles. The third-order valence-corrected chi connectivity index (χ3v) is 3.87. The number of carbonyl (C=O) groups is 1. The first-order valence-electron chi connectivity index (χ1n) is 5.34. The van der Waals surface area contributed by atoms with Crippen LogP contribution in [0, 0.1) is 0 Å². The lowest BCUT2D eigenvalue weighted by atomic mass is 10.2. The molecule has 1 heterocycles. The molecule has 0 aromatic heterocycles. The van der Waals surface area contributed by atoms with Crippen molar-refractivity contribution in [2.75, 3.05) is 18.1 Å². The number of rotatable bonds is 2. The standard InChI is InChI=1S/C10H19NO4S/c1-10(2,3)15-9(12)6-8-7-16(13,14)5-4-11-8/h8,11H,4-7H2,1-3H3. The normalized spacial score (nSPS) is 25.1. The molecule has 0 aromatic rings. The molecular weight excluding hydrogens is 230 g/mol. The second-order valence-electron chi connectivity index (χ2n) is 5.06. The zero-order valence-corrected chi connectivity index (χ0v) is 10.8. The van der Waals surface area contributed by atoms with Crippen LogP contribution in [0.15, 0.2) is 0 Å². The third-order valence-electron chi connectivity index (χ3n) is 2.13. The maximum absolute atomic E-state index is 11.5. The van der Waals surface area contributed by atoms with Crippen molar-refractivity contribution in [2.45, 2.75) is 38.8 Å². The van der Waals surface area contributed by atoms with E-state index >= 15 is 0 Å². The van der Waals surface area contributed by atoms with Crippen LogP contribution < -0.4 is 5.32 Å². The summed E-state index contributed by atoms with van der Waals surface area (Å²) < 4.78 is 27.8. The maximum atomic E-state index is 11.5. The molecule has 0 radical (unpaired) electrons. The maximum Gasteiger partial charge on any atom is 0.307 e. The molecular formula is C10H19NO4S. The number of hydrogen-bond donors (Lipinski definition) is 1. The highest BCUT2D eigenvalue weighted by atomic mass is 32.2. The van der Waals surface area contributed by atoms with Crippen LogP contribution in [0.4, 0.5) is 0 Å². The summed E-state index contributed by atoms with van der Waals surface area (Å²) in [5.41, 5.74) is -0.523. The van der Waals surface area contributed by atoms with E-state index in [9.17, 15) is 13.2 Å². The van der Waals surface area contributed by atoms with Crippen molar-refractivity contribution >= 4 is 15.8 Å².